The van der Waals surface area contributed by atoms with Gasteiger partial charge in [-0.2, -0.15) is 0 Å². The zero-order valence-corrected chi connectivity index (χ0v) is 13.9. The maximum atomic E-state index is 12.1. The molecule has 0 aliphatic heterocycles. The second kappa shape index (κ2) is 8.49. The van der Waals surface area contributed by atoms with Crippen LogP contribution in [0.25, 0.3) is 0 Å². The van der Waals surface area contributed by atoms with Crippen LogP contribution >= 0.6 is 0 Å². The summed E-state index contributed by atoms with van der Waals surface area (Å²) in [5, 5.41) is 2.78. The molecule has 130 valence electrons. The van der Waals surface area contributed by atoms with Gasteiger partial charge in [0.25, 0.3) is 5.91 Å². The molecule has 0 saturated carbocycles. The van der Waals surface area contributed by atoms with Gasteiger partial charge in [-0.05, 0) is 55.0 Å². The molecule has 0 atom stereocenters. The monoisotopic (exact) mass is 340 g/mol. The molecule has 0 aliphatic rings. The lowest BCUT2D eigenvalue weighted by atomic mass is 10.2. The number of aliphatic imine (C=N–C) groups is 1. The van der Waals surface area contributed by atoms with E-state index in [4.69, 9.17) is 16.2 Å². The first-order valence-electron chi connectivity index (χ1n) is 7.79. The predicted molar refractivity (Wildman–Crippen MR) is 95.9 cm³/mol. The van der Waals surface area contributed by atoms with Crippen LogP contribution in [0.2, 0.25) is 0 Å². The van der Waals surface area contributed by atoms with Gasteiger partial charge in [-0.3, -0.25) is 4.79 Å². The zero-order valence-electron chi connectivity index (χ0n) is 13.9. The van der Waals surface area contributed by atoms with Crippen LogP contribution in [-0.4, -0.2) is 24.4 Å². The van der Waals surface area contributed by atoms with Crippen molar-refractivity contribution in [2.24, 2.45) is 16.5 Å². The third-order valence-corrected chi connectivity index (χ3v) is 3.22. The van der Waals surface area contributed by atoms with Crippen molar-refractivity contribution in [1.82, 2.24) is 5.32 Å². The SMILES string of the molecule is CCCNC(=O)c1ccc(OC(=O)c2ccc(N=C(N)N)cc2)cc1. The largest absolute Gasteiger partial charge is 0.423 e. The Labute approximate surface area is 145 Å². The van der Waals surface area contributed by atoms with E-state index in [0.717, 1.165) is 6.42 Å². The van der Waals surface area contributed by atoms with Crippen LogP contribution in [0.4, 0.5) is 5.69 Å². The van der Waals surface area contributed by atoms with Gasteiger partial charge in [0.05, 0.1) is 11.3 Å². The van der Waals surface area contributed by atoms with Crippen LogP contribution in [0.3, 0.4) is 0 Å². The zero-order chi connectivity index (χ0) is 18.2. The molecule has 0 aliphatic carbocycles. The van der Waals surface area contributed by atoms with Gasteiger partial charge >= 0.3 is 5.97 Å². The van der Waals surface area contributed by atoms with Crippen LogP contribution in [0.5, 0.6) is 5.75 Å². The fourth-order valence-electron chi connectivity index (χ4n) is 2.00. The number of benzene rings is 2. The Morgan fingerprint density at radius 1 is 1.00 bits per heavy atom. The molecule has 1 amide bonds. The Morgan fingerprint density at radius 3 is 2.16 bits per heavy atom. The molecule has 7 heteroatoms. The number of guanidine groups is 1. The highest BCUT2D eigenvalue weighted by Gasteiger charge is 2.10. The normalized spacial score (nSPS) is 9.96. The highest BCUT2D eigenvalue weighted by molar-refractivity contribution is 5.94. The minimum Gasteiger partial charge on any atom is -0.423 e. The smallest absolute Gasteiger partial charge is 0.343 e. The first kappa shape index (κ1) is 18.0. The summed E-state index contributed by atoms with van der Waals surface area (Å²) >= 11 is 0. The van der Waals surface area contributed by atoms with Crippen molar-refractivity contribution in [3.8, 4) is 5.75 Å². The van der Waals surface area contributed by atoms with Gasteiger partial charge in [0.1, 0.15) is 5.75 Å². The molecular formula is C18H20N4O3. The van der Waals surface area contributed by atoms with E-state index < -0.39 is 5.97 Å². The first-order valence-corrected chi connectivity index (χ1v) is 7.79. The Hall–Kier alpha value is -3.35. The number of esters is 1. The Kier molecular flexibility index (Phi) is 6.11. The van der Waals surface area contributed by atoms with E-state index in [9.17, 15) is 9.59 Å². The lowest BCUT2D eigenvalue weighted by Crippen LogP contribution is -2.23. The summed E-state index contributed by atoms with van der Waals surface area (Å²) in [5.74, 6) is -0.377. The number of nitrogens with zero attached hydrogens (tertiary/aromatic N) is 1. The van der Waals surface area contributed by atoms with Crippen LogP contribution in [0, 0.1) is 0 Å². The summed E-state index contributed by atoms with van der Waals surface area (Å²) in [6.07, 6.45) is 0.864. The molecule has 7 nitrogen and oxygen atoms in total. The molecule has 2 rings (SSSR count). The minimum absolute atomic E-state index is 0.0570. The predicted octanol–water partition coefficient (Wildman–Crippen LogP) is 1.95. The molecule has 0 spiro atoms. The van der Waals surface area contributed by atoms with Crippen molar-refractivity contribution in [3.63, 3.8) is 0 Å². The van der Waals surface area contributed by atoms with Gasteiger partial charge in [0.2, 0.25) is 0 Å². The molecule has 2 aromatic carbocycles. The van der Waals surface area contributed by atoms with E-state index in [-0.39, 0.29) is 11.9 Å². The van der Waals surface area contributed by atoms with E-state index >= 15 is 0 Å². The van der Waals surface area contributed by atoms with Crippen molar-refractivity contribution in [2.45, 2.75) is 13.3 Å². The average molecular weight is 340 g/mol. The molecule has 0 fully saturated rings. The van der Waals surface area contributed by atoms with E-state index in [0.29, 0.717) is 29.1 Å². The molecule has 0 radical (unpaired) electrons. The van der Waals surface area contributed by atoms with Gasteiger partial charge in [-0.25, -0.2) is 9.79 Å². The molecular weight excluding hydrogens is 320 g/mol. The second-order valence-electron chi connectivity index (χ2n) is 5.25. The number of nitrogens with two attached hydrogens (primary N) is 2. The lowest BCUT2D eigenvalue weighted by molar-refractivity contribution is 0.0734. The molecule has 5 N–H and O–H groups in total. The average Bonchev–Trinajstić information content (AvgIpc) is 2.60. The van der Waals surface area contributed by atoms with Crippen LogP contribution in [-0.2, 0) is 0 Å². The molecule has 0 heterocycles. The number of hydrogen-bond acceptors (Lipinski definition) is 4. The van der Waals surface area contributed by atoms with Crippen molar-refractivity contribution >= 4 is 23.5 Å². The number of nitrogens with one attached hydrogen (secondary N) is 1. The summed E-state index contributed by atoms with van der Waals surface area (Å²) in [6, 6.07) is 12.7. The van der Waals surface area contributed by atoms with Gasteiger partial charge in [0, 0.05) is 12.1 Å². The minimum atomic E-state index is -0.514. The molecule has 2 aromatic rings. The number of amides is 1. The van der Waals surface area contributed by atoms with Gasteiger partial charge in [-0.15, -0.1) is 0 Å². The van der Waals surface area contributed by atoms with Crippen molar-refractivity contribution < 1.29 is 14.3 Å². The molecule has 0 aromatic heterocycles. The number of hydrogen-bond donors (Lipinski definition) is 3. The van der Waals surface area contributed by atoms with E-state index in [1.807, 2.05) is 6.92 Å². The van der Waals surface area contributed by atoms with Crippen LogP contribution < -0.4 is 21.5 Å². The van der Waals surface area contributed by atoms with Crippen LogP contribution in [0.1, 0.15) is 34.1 Å². The topological polar surface area (TPSA) is 120 Å². The Morgan fingerprint density at radius 2 is 1.60 bits per heavy atom. The molecule has 0 bridgehead atoms. The number of ether oxygens (including phenoxy) is 1. The summed E-state index contributed by atoms with van der Waals surface area (Å²) in [7, 11) is 0. The van der Waals surface area contributed by atoms with Gasteiger partial charge < -0.3 is 21.5 Å². The number of carbonyl (C=O) groups excluding carboxylic acids is 2. The standard InChI is InChI=1S/C18H20N4O3/c1-2-11-21-16(23)12-5-9-15(10-6-12)25-17(24)13-3-7-14(8-4-13)22-18(19)20/h3-10H,2,11H2,1H3,(H,21,23)(H4,19,20,22). The highest BCUT2D eigenvalue weighted by Crippen LogP contribution is 2.17. The summed E-state index contributed by atoms with van der Waals surface area (Å²) in [6.45, 7) is 2.60. The molecule has 25 heavy (non-hydrogen) atoms. The summed E-state index contributed by atoms with van der Waals surface area (Å²) in [5.41, 5.74) is 12.0. The second-order valence-corrected chi connectivity index (χ2v) is 5.25. The number of carbonyl (C=O) groups is 2. The summed E-state index contributed by atoms with van der Waals surface area (Å²) < 4.78 is 5.28. The van der Waals surface area contributed by atoms with Gasteiger partial charge in [-0.1, -0.05) is 6.92 Å². The fraction of sp³-hybridized carbons (Fsp3) is 0.167. The highest BCUT2D eigenvalue weighted by atomic mass is 16.5. The quantitative estimate of drug-likeness (QED) is 0.321. The van der Waals surface area contributed by atoms with Crippen molar-refractivity contribution in [2.75, 3.05) is 6.54 Å². The fourth-order valence-corrected chi connectivity index (χ4v) is 2.00. The molecule has 0 unspecified atom stereocenters. The Bertz CT molecular complexity index is 764. The summed E-state index contributed by atoms with van der Waals surface area (Å²) in [4.78, 5) is 27.8. The maximum Gasteiger partial charge on any atom is 0.343 e. The van der Waals surface area contributed by atoms with Crippen LogP contribution in [0.15, 0.2) is 53.5 Å². The first-order chi connectivity index (χ1) is 12.0. The lowest BCUT2D eigenvalue weighted by Gasteiger charge is -2.06. The third kappa shape index (κ3) is 5.35. The van der Waals surface area contributed by atoms with E-state index in [1.54, 1.807) is 48.5 Å². The van der Waals surface area contributed by atoms with Gasteiger partial charge in [0.15, 0.2) is 5.96 Å². The third-order valence-electron chi connectivity index (χ3n) is 3.22. The maximum absolute atomic E-state index is 12.1. The van der Waals surface area contributed by atoms with Crippen molar-refractivity contribution in [1.29, 1.82) is 0 Å². The van der Waals surface area contributed by atoms with E-state index in [1.165, 1.54) is 0 Å². The Balaban J connectivity index is 2.00. The molecule has 0 saturated heterocycles. The van der Waals surface area contributed by atoms with E-state index in [2.05, 4.69) is 10.3 Å². The van der Waals surface area contributed by atoms with Crippen molar-refractivity contribution in [3.05, 3.63) is 59.7 Å². The number of rotatable bonds is 6.